The number of allylic oxidation sites excluding steroid dienone is 1. The molecule has 0 amide bonds. The molecule has 0 saturated carbocycles. The molecule has 38 heavy (non-hydrogen) atoms. The van der Waals surface area contributed by atoms with Crippen LogP contribution >= 0.6 is 0 Å². The summed E-state index contributed by atoms with van der Waals surface area (Å²) in [4.78, 5) is 2.48. The van der Waals surface area contributed by atoms with E-state index < -0.39 is 17.2 Å². The van der Waals surface area contributed by atoms with Gasteiger partial charge < -0.3 is 19.1 Å². The number of rotatable bonds is 8. The van der Waals surface area contributed by atoms with Crippen LogP contribution in [0.15, 0.2) is 66.7 Å². The van der Waals surface area contributed by atoms with Gasteiger partial charge in [-0.1, -0.05) is 66.5 Å². The van der Waals surface area contributed by atoms with Crippen molar-refractivity contribution >= 4 is 22.2 Å². The minimum atomic E-state index is -2.14. The predicted molar refractivity (Wildman–Crippen MR) is 150 cm³/mol. The Morgan fingerprint density at radius 3 is 2.53 bits per heavy atom. The van der Waals surface area contributed by atoms with Gasteiger partial charge in [-0.2, -0.15) is 0 Å². The highest BCUT2D eigenvalue weighted by Crippen LogP contribution is 2.49. The Kier molecular flexibility index (Phi) is 7.88. The van der Waals surface area contributed by atoms with Crippen LogP contribution in [0.4, 0.5) is 0 Å². The van der Waals surface area contributed by atoms with Gasteiger partial charge in [0.15, 0.2) is 11.5 Å². The molecule has 3 aromatic rings. The summed E-state index contributed by atoms with van der Waals surface area (Å²) in [5, 5.41) is 10.6. The molecule has 1 N–H and O–H groups in total. The second-order valence-electron chi connectivity index (χ2n) is 10.5. The van der Waals surface area contributed by atoms with Crippen molar-refractivity contribution in [3.8, 4) is 17.2 Å². The Bertz CT molecular complexity index is 1340. The maximum atomic E-state index is 11.1. The standard InChI is InChI=1S/C31H35NO5S/c1-20-15-16-32(17-20)21(2)18-36-26-13-11-25(12-14-26)30-29(24-9-7-23(8-10-24)19-38(34)35)22(3)27-5-4-6-28(33)31(27)37-30/h4-14,20-21,30,33H,15-19H2,1-3H3,(H,34,35)/p-1. The van der Waals surface area contributed by atoms with E-state index in [1.807, 2.05) is 67.6 Å². The van der Waals surface area contributed by atoms with Crippen molar-refractivity contribution in [1.82, 2.24) is 4.90 Å². The Labute approximate surface area is 227 Å². The van der Waals surface area contributed by atoms with Crippen LogP contribution in [0.3, 0.4) is 0 Å². The number of ether oxygens (including phenoxy) is 2. The third kappa shape index (κ3) is 5.65. The van der Waals surface area contributed by atoms with Gasteiger partial charge in [0.25, 0.3) is 0 Å². The molecule has 0 aliphatic carbocycles. The van der Waals surface area contributed by atoms with Crippen molar-refractivity contribution in [2.75, 3.05) is 19.7 Å². The zero-order valence-electron chi connectivity index (χ0n) is 22.1. The highest BCUT2D eigenvalue weighted by atomic mass is 32.2. The van der Waals surface area contributed by atoms with E-state index in [1.165, 1.54) is 6.42 Å². The van der Waals surface area contributed by atoms with Gasteiger partial charge in [-0.05, 0) is 73.2 Å². The summed E-state index contributed by atoms with van der Waals surface area (Å²) in [6, 6.07) is 21.2. The van der Waals surface area contributed by atoms with Crippen LogP contribution < -0.4 is 9.47 Å². The lowest BCUT2D eigenvalue weighted by Crippen LogP contribution is -2.35. The molecule has 0 aromatic heterocycles. The number of phenols is 1. The van der Waals surface area contributed by atoms with Gasteiger partial charge in [-0.25, -0.2) is 0 Å². The number of para-hydroxylation sites is 1. The molecule has 0 bridgehead atoms. The summed E-state index contributed by atoms with van der Waals surface area (Å²) in [7, 11) is 0. The van der Waals surface area contributed by atoms with Crippen LogP contribution in [0.5, 0.6) is 17.2 Å². The quantitative estimate of drug-likeness (QED) is 0.361. The molecule has 2 aliphatic heterocycles. The van der Waals surface area contributed by atoms with E-state index in [0.29, 0.717) is 18.4 Å². The number of fused-ring (bicyclic) bond motifs is 1. The Balaban J connectivity index is 1.41. The summed E-state index contributed by atoms with van der Waals surface area (Å²) < 4.78 is 34.8. The first-order valence-electron chi connectivity index (χ1n) is 13.1. The molecule has 5 rings (SSSR count). The fourth-order valence-electron chi connectivity index (χ4n) is 5.41. The fourth-order valence-corrected chi connectivity index (χ4v) is 5.88. The van der Waals surface area contributed by atoms with E-state index in [1.54, 1.807) is 6.07 Å². The largest absolute Gasteiger partial charge is 0.772 e. The van der Waals surface area contributed by atoms with Gasteiger partial charge in [0, 0.05) is 29.5 Å². The molecule has 4 atom stereocenters. The summed E-state index contributed by atoms with van der Waals surface area (Å²) in [6.45, 7) is 9.43. The molecule has 0 spiro atoms. The smallest absolute Gasteiger partial charge is 0.169 e. The first-order valence-corrected chi connectivity index (χ1v) is 14.4. The van der Waals surface area contributed by atoms with Crippen LogP contribution in [-0.4, -0.2) is 44.5 Å². The first-order chi connectivity index (χ1) is 18.3. The summed E-state index contributed by atoms with van der Waals surface area (Å²) >= 11 is -2.14. The minimum Gasteiger partial charge on any atom is -0.772 e. The van der Waals surface area contributed by atoms with Crippen molar-refractivity contribution in [3.63, 3.8) is 0 Å². The molecule has 7 heteroatoms. The maximum Gasteiger partial charge on any atom is 0.169 e. The molecule has 1 saturated heterocycles. The van der Waals surface area contributed by atoms with Crippen molar-refractivity contribution in [2.45, 2.75) is 45.1 Å². The monoisotopic (exact) mass is 532 g/mol. The number of aromatic hydroxyl groups is 1. The van der Waals surface area contributed by atoms with Crippen LogP contribution in [0.1, 0.15) is 55.5 Å². The molecule has 2 heterocycles. The van der Waals surface area contributed by atoms with E-state index in [0.717, 1.165) is 58.2 Å². The summed E-state index contributed by atoms with van der Waals surface area (Å²) in [5.41, 5.74) is 5.42. The zero-order valence-corrected chi connectivity index (χ0v) is 22.9. The second-order valence-corrected chi connectivity index (χ2v) is 11.3. The zero-order chi connectivity index (χ0) is 26.8. The van der Waals surface area contributed by atoms with Crippen molar-refractivity contribution in [1.29, 1.82) is 0 Å². The number of phenolic OH excluding ortho intramolecular Hbond substituents is 1. The lowest BCUT2D eigenvalue weighted by molar-refractivity contribution is 0.169. The number of hydrogen-bond acceptors (Lipinski definition) is 6. The Morgan fingerprint density at radius 2 is 1.87 bits per heavy atom. The van der Waals surface area contributed by atoms with Gasteiger partial charge in [0.1, 0.15) is 18.5 Å². The summed E-state index contributed by atoms with van der Waals surface area (Å²) in [6.07, 6.45) is 0.796. The number of hydrogen-bond donors (Lipinski definition) is 1. The highest BCUT2D eigenvalue weighted by molar-refractivity contribution is 7.78. The molecule has 4 unspecified atom stereocenters. The SMILES string of the molecule is CC1=C(c2ccc(CS(=O)[O-])cc2)C(c2ccc(OCC(C)N3CCC(C)C3)cc2)Oc2c(O)cccc21. The molecule has 1 fully saturated rings. The van der Waals surface area contributed by atoms with Gasteiger partial charge in [-0.15, -0.1) is 0 Å². The third-order valence-electron chi connectivity index (χ3n) is 7.60. The van der Waals surface area contributed by atoms with E-state index in [-0.39, 0.29) is 11.5 Å². The van der Waals surface area contributed by atoms with Crippen molar-refractivity contribution in [3.05, 3.63) is 89.0 Å². The fraction of sp³-hybridized carbons (Fsp3) is 0.355. The van der Waals surface area contributed by atoms with Gasteiger partial charge in [0.05, 0.1) is 0 Å². The van der Waals surface area contributed by atoms with Crippen LogP contribution in [-0.2, 0) is 16.8 Å². The Morgan fingerprint density at radius 1 is 1.13 bits per heavy atom. The molecule has 200 valence electrons. The predicted octanol–water partition coefficient (Wildman–Crippen LogP) is 5.94. The van der Waals surface area contributed by atoms with E-state index in [2.05, 4.69) is 18.7 Å². The Hall–Kier alpha value is -3.13. The third-order valence-corrected chi connectivity index (χ3v) is 8.17. The van der Waals surface area contributed by atoms with Gasteiger partial charge in [0.2, 0.25) is 0 Å². The summed E-state index contributed by atoms with van der Waals surface area (Å²) in [5.74, 6) is 2.10. The minimum absolute atomic E-state index is 0.0220. The highest BCUT2D eigenvalue weighted by Gasteiger charge is 2.31. The van der Waals surface area contributed by atoms with E-state index in [4.69, 9.17) is 9.47 Å². The molecule has 0 radical (unpaired) electrons. The van der Waals surface area contributed by atoms with E-state index in [9.17, 15) is 13.9 Å². The molecular weight excluding hydrogens is 498 g/mol. The number of likely N-dealkylation sites (tertiary alicyclic amines) is 1. The normalized spacial score (nSPS) is 21.1. The number of benzene rings is 3. The lowest BCUT2D eigenvalue weighted by Gasteiger charge is -2.31. The molecular formula is C31H34NO5S-. The van der Waals surface area contributed by atoms with Crippen LogP contribution in [0.2, 0.25) is 0 Å². The average molecular weight is 533 g/mol. The molecule has 2 aliphatic rings. The lowest BCUT2D eigenvalue weighted by atomic mass is 9.86. The number of nitrogens with zero attached hydrogens (tertiary/aromatic N) is 1. The first kappa shape index (κ1) is 26.5. The van der Waals surface area contributed by atoms with Crippen molar-refractivity contribution in [2.24, 2.45) is 5.92 Å². The second kappa shape index (κ2) is 11.3. The average Bonchev–Trinajstić information content (AvgIpc) is 3.35. The topological polar surface area (TPSA) is 82.1 Å². The van der Waals surface area contributed by atoms with Gasteiger partial charge in [-0.3, -0.25) is 9.11 Å². The molecule has 6 nitrogen and oxygen atoms in total. The maximum absolute atomic E-state index is 11.1. The molecule has 3 aromatic carbocycles. The van der Waals surface area contributed by atoms with Gasteiger partial charge >= 0.3 is 0 Å². The van der Waals surface area contributed by atoms with E-state index >= 15 is 0 Å². The van der Waals surface area contributed by atoms with Crippen molar-refractivity contribution < 1.29 is 23.3 Å². The van der Waals surface area contributed by atoms with Crippen LogP contribution in [0.25, 0.3) is 11.1 Å². The van der Waals surface area contributed by atoms with Crippen LogP contribution in [0, 0.1) is 5.92 Å².